The summed E-state index contributed by atoms with van der Waals surface area (Å²) in [5, 5.41) is 2.29. The number of hydrogen-bond acceptors (Lipinski definition) is 7. The minimum atomic E-state index is -6.13. The molecular weight excluding hydrogens is 517 g/mol. The first-order valence-corrected chi connectivity index (χ1v) is 11.5. The fraction of sp³-hybridized carbons (Fsp3) is 0.318. The molecule has 0 saturated carbocycles. The molecule has 0 bridgehead atoms. The van der Waals surface area contributed by atoms with E-state index in [-0.39, 0.29) is 28.4 Å². The number of anilines is 1. The van der Waals surface area contributed by atoms with Gasteiger partial charge in [0.1, 0.15) is 23.0 Å². The lowest BCUT2D eigenvalue weighted by atomic mass is 10.1. The van der Waals surface area contributed by atoms with Crippen LogP contribution >= 0.6 is 0 Å². The van der Waals surface area contributed by atoms with Gasteiger partial charge in [-0.25, -0.2) is 8.42 Å². The van der Waals surface area contributed by atoms with Crippen LogP contribution in [-0.4, -0.2) is 54.9 Å². The second kappa shape index (κ2) is 11.0. The molecule has 0 aromatic heterocycles. The molecule has 0 spiro atoms. The minimum absolute atomic E-state index is 0.0280. The molecule has 0 heterocycles. The van der Waals surface area contributed by atoms with E-state index in [0.29, 0.717) is 5.75 Å². The van der Waals surface area contributed by atoms with Crippen LogP contribution in [-0.2, 0) is 20.4 Å². The second-order valence-electron chi connectivity index (χ2n) is 7.12. The number of halogens is 5. The summed E-state index contributed by atoms with van der Waals surface area (Å²) in [4.78, 5) is 11.6. The van der Waals surface area contributed by atoms with Crippen molar-refractivity contribution in [2.24, 2.45) is 0 Å². The Kier molecular flexibility index (Phi) is 8.78. The molecule has 0 radical (unpaired) electrons. The van der Waals surface area contributed by atoms with E-state index in [1.165, 1.54) is 50.9 Å². The largest absolute Gasteiger partial charge is 0.496 e. The van der Waals surface area contributed by atoms with E-state index in [2.05, 4.69) is 0 Å². The zero-order chi connectivity index (χ0) is 27.3. The molecule has 0 atom stereocenters. The molecule has 36 heavy (non-hydrogen) atoms. The molecule has 0 aliphatic carbocycles. The third-order valence-electron chi connectivity index (χ3n) is 4.72. The van der Waals surface area contributed by atoms with Gasteiger partial charge in [-0.05, 0) is 23.8 Å². The number of carbonyl (C=O) groups is 1. The van der Waals surface area contributed by atoms with Gasteiger partial charge in [-0.1, -0.05) is 6.07 Å². The van der Waals surface area contributed by atoms with E-state index >= 15 is 0 Å². The van der Waals surface area contributed by atoms with Gasteiger partial charge >= 0.3 is 18.0 Å². The quantitative estimate of drug-likeness (QED) is 0.446. The van der Waals surface area contributed by atoms with E-state index in [1.54, 1.807) is 0 Å². The number of ether oxygens (including phenoxy) is 4. The Morgan fingerprint density at radius 3 is 1.92 bits per heavy atom. The highest BCUT2D eigenvalue weighted by molar-refractivity contribution is 7.93. The van der Waals surface area contributed by atoms with Gasteiger partial charge in [0.25, 0.3) is 0 Å². The van der Waals surface area contributed by atoms with Gasteiger partial charge in [0.2, 0.25) is 0 Å². The number of benzene rings is 2. The van der Waals surface area contributed by atoms with Crippen molar-refractivity contribution in [2.75, 3.05) is 33.8 Å². The molecule has 14 heteroatoms. The Morgan fingerprint density at radius 2 is 1.44 bits per heavy atom. The van der Waals surface area contributed by atoms with Gasteiger partial charge in [0.05, 0.1) is 45.4 Å². The van der Waals surface area contributed by atoms with Gasteiger partial charge < -0.3 is 24.3 Å². The Hall–Kier alpha value is -3.55. The topological polar surface area (TPSA) is 100 Å². The van der Waals surface area contributed by atoms with Gasteiger partial charge in [-0.15, -0.1) is 0 Å². The summed E-state index contributed by atoms with van der Waals surface area (Å²) in [6.45, 7) is 0. The lowest BCUT2D eigenvalue weighted by molar-refractivity contribution is -0.267. The molecule has 0 aliphatic heterocycles. The van der Waals surface area contributed by atoms with Gasteiger partial charge in [0.15, 0.2) is 9.84 Å². The SMILES string of the molecule is COc1cc(OC)c(/C=C/S(=O)(=O)Cc2ccc(OC)c(NC(=O)C(F)(F)C(F)(F)F)c2)c(OC)c1. The average Bonchev–Trinajstić information content (AvgIpc) is 2.81. The minimum Gasteiger partial charge on any atom is -0.496 e. The van der Waals surface area contributed by atoms with Crippen molar-refractivity contribution in [2.45, 2.75) is 17.9 Å². The zero-order valence-electron chi connectivity index (χ0n) is 19.4. The Labute approximate surface area is 203 Å². The number of amides is 1. The predicted molar refractivity (Wildman–Crippen MR) is 120 cm³/mol. The van der Waals surface area contributed by atoms with Crippen LogP contribution < -0.4 is 24.3 Å². The van der Waals surface area contributed by atoms with Gasteiger partial charge in [-0.3, -0.25) is 4.79 Å². The highest BCUT2D eigenvalue weighted by Gasteiger charge is 2.63. The van der Waals surface area contributed by atoms with Crippen LogP contribution in [0.5, 0.6) is 23.0 Å². The maximum Gasteiger partial charge on any atom is 0.463 e. The van der Waals surface area contributed by atoms with Crippen molar-refractivity contribution >= 4 is 27.5 Å². The van der Waals surface area contributed by atoms with Gasteiger partial charge in [-0.2, -0.15) is 22.0 Å². The standard InChI is InChI=1S/C22H22F5NO7S/c1-32-14-10-18(34-3)15(19(11-14)35-4)7-8-36(30,31)12-13-5-6-17(33-2)16(9-13)28-20(29)21(23,24)22(25,26)27/h5-11H,12H2,1-4H3,(H,28,29)/b8-7+. The Morgan fingerprint density at radius 1 is 0.889 bits per heavy atom. The first-order valence-electron chi connectivity index (χ1n) is 9.82. The maximum absolute atomic E-state index is 13.3. The molecule has 0 fully saturated rings. The van der Waals surface area contributed by atoms with Crippen LogP contribution in [0.3, 0.4) is 0 Å². The normalized spacial score (nSPS) is 12.4. The van der Waals surface area contributed by atoms with Crippen molar-refractivity contribution in [3.05, 3.63) is 46.9 Å². The third kappa shape index (κ3) is 6.56. The molecule has 0 unspecified atom stereocenters. The molecule has 198 valence electrons. The van der Waals surface area contributed by atoms with E-state index in [9.17, 15) is 35.2 Å². The first-order chi connectivity index (χ1) is 16.7. The van der Waals surface area contributed by atoms with Crippen LogP contribution in [0.2, 0.25) is 0 Å². The summed E-state index contributed by atoms with van der Waals surface area (Å²) in [6, 6.07) is 6.29. The van der Waals surface area contributed by atoms with Crippen molar-refractivity contribution in [1.29, 1.82) is 0 Å². The fourth-order valence-electron chi connectivity index (χ4n) is 2.92. The fourth-order valence-corrected chi connectivity index (χ4v) is 4.00. The smallest absolute Gasteiger partial charge is 0.463 e. The number of nitrogens with one attached hydrogen (secondary N) is 1. The van der Waals surface area contributed by atoms with Crippen molar-refractivity contribution in [1.82, 2.24) is 0 Å². The van der Waals surface area contributed by atoms with Crippen LogP contribution in [0.25, 0.3) is 6.08 Å². The number of hydrogen-bond donors (Lipinski definition) is 1. The monoisotopic (exact) mass is 539 g/mol. The second-order valence-corrected chi connectivity index (χ2v) is 9.00. The Balaban J connectivity index is 2.35. The first kappa shape index (κ1) is 28.7. The molecule has 8 nitrogen and oxygen atoms in total. The Bertz CT molecular complexity index is 1220. The zero-order valence-corrected chi connectivity index (χ0v) is 20.2. The highest BCUT2D eigenvalue weighted by Crippen LogP contribution is 2.38. The predicted octanol–water partition coefficient (Wildman–Crippen LogP) is 4.44. The third-order valence-corrected chi connectivity index (χ3v) is 6.00. The molecular formula is C22H22F5NO7S. The lowest BCUT2D eigenvalue weighted by Crippen LogP contribution is -2.47. The summed E-state index contributed by atoms with van der Waals surface area (Å²) in [7, 11) is 1.20. The summed E-state index contributed by atoms with van der Waals surface area (Å²) < 4.78 is 110. The lowest BCUT2D eigenvalue weighted by Gasteiger charge is -2.19. The van der Waals surface area contributed by atoms with E-state index in [0.717, 1.165) is 24.7 Å². The highest BCUT2D eigenvalue weighted by atomic mass is 32.2. The maximum atomic E-state index is 13.3. The molecule has 1 amide bonds. The summed E-state index contributed by atoms with van der Waals surface area (Å²) >= 11 is 0. The van der Waals surface area contributed by atoms with E-state index < -0.39 is 39.3 Å². The van der Waals surface area contributed by atoms with Crippen molar-refractivity contribution in [3.8, 4) is 23.0 Å². The molecule has 2 rings (SSSR count). The molecule has 2 aromatic carbocycles. The number of rotatable bonds is 10. The van der Waals surface area contributed by atoms with Crippen LogP contribution in [0.15, 0.2) is 35.7 Å². The number of carbonyl (C=O) groups excluding carboxylic acids is 1. The van der Waals surface area contributed by atoms with Crippen LogP contribution in [0, 0.1) is 0 Å². The van der Waals surface area contributed by atoms with E-state index in [1.807, 2.05) is 0 Å². The summed E-state index contributed by atoms with van der Waals surface area (Å²) in [5.41, 5.74) is -0.317. The summed E-state index contributed by atoms with van der Waals surface area (Å²) in [5.74, 6) is -8.38. The molecule has 1 N–H and O–H groups in total. The van der Waals surface area contributed by atoms with Gasteiger partial charge in [0, 0.05) is 17.5 Å². The van der Waals surface area contributed by atoms with Crippen LogP contribution in [0.4, 0.5) is 27.6 Å². The van der Waals surface area contributed by atoms with E-state index in [4.69, 9.17) is 18.9 Å². The van der Waals surface area contributed by atoms with Crippen LogP contribution in [0.1, 0.15) is 11.1 Å². The van der Waals surface area contributed by atoms with Crippen molar-refractivity contribution in [3.63, 3.8) is 0 Å². The number of methoxy groups -OCH3 is 4. The molecule has 2 aromatic rings. The number of sulfone groups is 1. The summed E-state index contributed by atoms with van der Waals surface area (Å²) in [6.07, 6.45) is -4.91. The number of alkyl halides is 5. The van der Waals surface area contributed by atoms with Crippen molar-refractivity contribution < 1.29 is 54.1 Å². The average molecular weight is 539 g/mol. The molecule has 0 aliphatic rings. The molecule has 0 saturated heterocycles.